The summed E-state index contributed by atoms with van der Waals surface area (Å²) < 4.78 is 13.5. The molecule has 0 radical (unpaired) electrons. The van der Waals surface area contributed by atoms with E-state index in [2.05, 4.69) is 10.6 Å². The average molecular weight is 254 g/mol. The summed E-state index contributed by atoms with van der Waals surface area (Å²) in [6, 6.07) is 4.09. The zero-order valence-corrected chi connectivity index (χ0v) is 10.7. The molecule has 0 unspecified atom stereocenters. The summed E-state index contributed by atoms with van der Waals surface area (Å²) in [5.74, 6) is -0.321. The molecule has 0 spiro atoms. The summed E-state index contributed by atoms with van der Waals surface area (Å²) in [6.45, 7) is 3.67. The minimum Gasteiger partial charge on any atom is -0.396 e. The summed E-state index contributed by atoms with van der Waals surface area (Å²) in [5, 5.41) is 13.9. The maximum Gasteiger partial charge on any atom is 0.319 e. The Kier molecular flexibility index (Phi) is 5.58. The van der Waals surface area contributed by atoms with Crippen LogP contribution in [0.2, 0.25) is 0 Å². The zero-order valence-electron chi connectivity index (χ0n) is 10.7. The highest BCUT2D eigenvalue weighted by molar-refractivity contribution is 5.89. The molecule has 100 valence electrons. The molecule has 0 aliphatic carbocycles. The Morgan fingerprint density at radius 1 is 1.50 bits per heavy atom. The fraction of sp³-hybridized carbons (Fsp3) is 0.462. The van der Waals surface area contributed by atoms with Gasteiger partial charge in [-0.3, -0.25) is 0 Å². The number of rotatable bonds is 5. The van der Waals surface area contributed by atoms with Gasteiger partial charge < -0.3 is 15.7 Å². The van der Waals surface area contributed by atoms with E-state index in [1.54, 1.807) is 19.1 Å². The van der Waals surface area contributed by atoms with Gasteiger partial charge in [-0.2, -0.15) is 0 Å². The number of halogens is 1. The van der Waals surface area contributed by atoms with Crippen molar-refractivity contribution in [3.05, 3.63) is 29.6 Å². The van der Waals surface area contributed by atoms with Gasteiger partial charge in [0.1, 0.15) is 5.82 Å². The van der Waals surface area contributed by atoms with E-state index in [0.717, 1.165) is 0 Å². The molecule has 2 amide bonds. The quantitative estimate of drug-likeness (QED) is 0.755. The number of anilines is 1. The average Bonchev–Trinajstić information content (AvgIpc) is 2.29. The van der Waals surface area contributed by atoms with Crippen molar-refractivity contribution in [1.29, 1.82) is 0 Å². The minimum atomic E-state index is -0.403. The van der Waals surface area contributed by atoms with Crippen LogP contribution in [0.5, 0.6) is 0 Å². The maximum atomic E-state index is 13.5. The van der Waals surface area contributed by atoms with Gasteiger partial charge in [0.2, 0.25) is 0 Å². The molecular weight excluding hydrogens is 235 g/mol. The Labute approximate surface area is 106 Å². The van der Waals surface area contributed by atoms with Gasteiger partial charge in [0.15, 0.2) is 0 Å². The third kappa shape index (κ3) is 4.33. The van der Waals surface area contributed by atoms with Crippen LogP contribution in [0.25, 0.3) is 0 Å². The molecule has 0 aromatic heterocycles. The lowest BCUT2D eigenvalue weighted by Gasteiger charge is -2.13. The molecule has 0 bridgehead atoms. The van der Waals surface area contributed by atoms with Crippen molar-refractivity contribution in [3.8, 4) is 0 Å². The molecule has 4 nitrogen and oxygen atoms in total. The first-order valence-electron chi connectivity index (χ1n) is 6.03. The minimum absolute atomic E-state index is 0.0152. The third-order valence-corrected chi connectivity index (χ3v) is 2.63. The lowest BCUT2D eigenvalue weighted by Crippen LogP contribution is -2.36. The largest absolute Gasteiger partial charge is 0.396 e. The standard InChI is InChI=1S/C13H19FN2O2/c1-3-10-4-5-11(8-12(10)14)16-13(18)15-9(2)6-7-17/h4-5,8-9,17H,3,6-7H2,1-2H3,(H2,15,16,18)/t9-/m1/s1. The van der Waals surface area contributed by atoms with Crippen molar-refractivity contribution in [1.82, 2.24) is 5.32 Å². The Balaban J connectivity index is 2.57. The molecule has 18 heavy (non-hydrogen) atoms. The smallest absolute Gasteiger partial charge is 0.319 e. The van der Waals surface area contributed by atoms with E-state index in [1.165, 1.54) is 6.07 Å². The van der Waals surface area contributed by atoms with Crippen LogP contribution < -0.4 is 10.6 Å². The number of aliphatic hydroxyl groups excluding tert-OH is 1. The summed E-state index contributed by atoms with van der Waals surface area (Å²) >= 11 is 0. The summed E-state index contributed by atoms with van der Waals surface area (Å²) in [4.78, 5) is 11.5. The molecule has 3 N–H and O–H groups in total. The van der Waals surface area contributed by atoms with Gasteiger partial charge in [-0.05, 0) is 37.5 Å². The highest BCUT2D eigenvalue weighted by Gasteiger charge is 2.08. The number of benzene rings is 1. The number of carbonyl (C=O) groups excluding carboxylic acids is 1. The Hall–Kier alpha value is -1.62. The number of aliphatic hydroxyl groups is 1. The van der Waals surface area contributed by atoms with Crippen LogP contribution in [-0.4, -0.2) is 23.8 Å². The van der Waals surface area contributed by atoms with Gasteiger partial charge in [0.05, 0.1) is 0 Å². The van der Waals surface area contributed by atoms with E-state index in [4.69, 9.17) is 5.11 Å². The molecule has 0 aliphatic rings. The van der Waals surface area contributed by atoms with Gasteiger partial charge in [0, 0.05) is 18.3 Å². The monoisotopic (exact) mass is 254 g/mol. The van der Waals surface area contributed by atoms with E-state index in [-0.39, 0.29) is 18.5 Å². The number of nitrogens with one attached hydrogen (secondary N) is 2. The van der Waals surface area contributed by atoms with Crippen LogP contribution >= 0.6 is 0 Å². The molecule has 1 atom stereocenters. The molecule has 1 aromatic rings. The SMILES string of the molecule is CCc1ccc(NC(=O)N[C@H](C)CCO)cc1F. The lowest BCUT2D eigenvalue weighted by molar-refractivity contribution is 0.241. The first-order valence-corrected chi connectivity index (χ1v) is 6.03. The van der Waals surface area contributed by atoms with Crippen molar-refractivity contribution in [3.63, 3.8) is 0 Å². The maximum absolute atomic E-state index is 13.5. The Morgan fingerprint density at radius 2 is 2.22 bits per heavy atom. The fourth-order valence-corrected chi connectivity index (χ4v) is 1.57. The van der Waals surface area contributed by atoms with E-state index >= 15 is 0 Å². The second-order valence-electron chi connectivity index (χ2n) is 4.17. The molecule has 1 aromatic carbocycles. The topological polar surface area (TPSA) is 61.4 Å². The first-order chi connectivity index (χ1) is 8.56. The van der Waals surface area contributed by atoms with Crippen LogP contribution in [0.4, 0.5) is 14.9 Å². The van der Waals surface area contributed by atoms with Gasteiger partial charge in [0.25, 0.3) is 0 Å². The predicted molar refractivity (Wildman–Crippen MR) is 69.1 cm³/mol. The van der Waals surface area contributed by atoms with Crippen LogP contribution in [0, 0.1) is 5.82 Å². The lowest BCUT2D eigenvalue weighted by atomic mass is 10.1. The van der Waals surface area contributed by atoms with Crippen molar-refractivity contribution in [2.24, 2.45) is 0 Å². The number of hydrogen-bond donors (Lipinski definition) is 3. The van der Waals surface area contributed by atoms with Gasteiger partial charge >= 0.3 is 6.03 Å². The highest BCUT2D eigenvalue weighted by atomic mass is 19.1. The first kappa shape index (κ1) is 14.4. The molecular formula is C13H19FN2O2. The molecule has 0 heterocycles. The van der Waals surface area contributed by atoms with E-state index in [9.17, 15) is 9.18 Å². The van der Waals surface area contributed by atoms with E-state index in [0.29, 0.717) is 24.1 Å². The number of aryl methyl sites for hydroxylation is 1. The van der Waals surface area contributed by atoms with Gasteiger partial charge in [-0.1, -0.05) is 13.0 Å². The van der Waals surface area contributed by atoms with E-state index < -0.39 is 6.03 Å². The van der Waals surface area contributed by atoms with Crippen LogP contribution in [-0.2, 0) is 6.42 Å². The number of carbonyl (C=O) groups is 1. The molecule has 5 heteroatoms. The fourth-order valence-electron chi connectivity index (χ4n) is 1.57. The van der Waals surface area contributed by atoms with Crippen molar-refractivity contribution in [2.75, 3.05) is 11.9 Å². The Bertz CT molecular complexity index is 410. The second-order valence-corrected chi connectivity index (χ2v) is 4.17. The van der Waals surface area contributed by atoms with Gasteiger partial charge in [-0.15, -0.1) is 0 Å². The molecule has 0 saturated heterocycles. The van der Waals surface area contributed by atoms with Crippen molar-refractivity contribution in [2.45, 2.75) is 32.7 Å². The van der Waals surface area contributed by atoms with Crippen molar-refractivity contribution < 1.29 is 14.3 Å². The second kappa shape index (κ2) is 6.96. The number of urea groups is 1. The van der Waals surface area contributed by atoms with Crippen molar-refractivity contribution >= 4 is 11.7 Å². The molecule has 0 fully saturated rings. The van der Waals surface area contributed by atoms with Crippen LogP contribution in [0.1, 0.15) is 25.8 Å². The number of amides is 2. The Morgan fingerprint density at radius 3 is 2.78 bits per heavy atom. The number of hydrogen-bond acceptors (Lipinski definition) is 2. The van der Waals surface area contributed by atoms with E-state index in [1.807, 2.05) is 6.92 Å². The summed E-state index contributed by atoms with van der Waals surface area (Å²) in [5.41, 5.74) is 1.04. The predicted octanol–water partition coefficient (Wildman–Crippen LogP) is 2.28. The highest BCUT2D eigenvalue weighted by Crippen LogP contribution is 2.14. The molecule has 0 aliphatic heterocycles. The zero-order chi connectivity index (χ0) is 13.5. The third-order valence-electron chi connectivity index (χ3n) is 2.63. The normalized spacial score (nSPS) is 12.0. The van der Waals surface area contributed by atoms with Crippen LogP contribution in [0.15, 0.2) is 18.2 Å². The van der Waals surface area contributed by atoms with Crippen LogP contribution in [0.3, 0.4) is 0 Å². The van der Waals surface area contributed by atoms with Gasteiger partial charge in [-0.25, -0.2) is 9.18 Å². The summed E-state index contributed by atoms with van der Waals surface area (Å²) in [7, 11) is 0. The molecule has 1 rings (SSSR count). The summed E-state index contributed by atoms with van der Waals surface area (Å²) in [6.07, 6.45) is 1.10. The molecule has 0 saturated carbocycles.